The maximum atomic E-state index is 14.1. The van der Waals surface area contributed by atoms with E-state index in [1.54, 1.807) is 6.07 Å². The molecule has 1 aliphatic carbocycles. The molecule has 0 unspecified atom stereocenters. The molecule has 12 heteroatoms. The number of benzene rings is 1. The third-order valence-corrected chi connectivity index (χ3v) is 10.8. The highest BCUT2D eigenvalue weighted by Gasteiger charge is 2.39. The number of likely N-dealkylation sites (N-methyl/N-ethyl adjacent to an activating group) is 1. The number of hydrogen-bond acceptors (Lipinski definition) is 8. The highest BCUT2D eigenvalue weighted by atomic mass is 32.2. The molecule has 2 atom stereocenters. The lowest BCUT2D eigenvalue weighted by Crippen LogP contribution is -2.55. The number of thioether (sulfide) groups is 1. The molecule has 1 aromatic carbocycles. The van der Waals surface area contributed by atoms with E-state index in [0.29, 0.717) is 28.4 Å². The zero-order valence-electron chi connectivity index (χ0n) is 24.2. The molecule has 3 aliphatic rings. The Morgan fingerprint density at radius 3 is 2.52 bits per heavy atom. The van der Waals surface area contributed by atoms with Gasteiger partial charge < -0.3 is 15.1 Å². The van der Waals surface area contributed by atoms with Gasteiger partial charge >= 0.3 is 6.18 Å². The summed E-state index contributed by atoms with van der Waals surface area (Å²) in [5, 5.41) is 3.19. The summed E-state index contributed by atoms with van der Waals surface area (Å²) in [7, 11) is 2.15. The van der Waals surface area contributed by atoms with E-state index in [1.807, 2.05) is 17.0 Å². The van der Waals surface area contributed by atoms with Gasteiger partial charge in [-0.2, -0.15) is 13.2 Å². The second kappa shape index (κ2) is 11.3. The van der Waals surface area contributed by atoms with Crippen molar-refractivity contribution in [3.05, 3.63) is 46.5 Å². The number of alkyl halides is 3. The van der Waals surface area contributed by atoms with Crippen molar-refractivity contribution in [1.82, 2.24) is 19.8 Å². The molecule has 224 valence electrons. The van der Waals surface area contributed by atoms with Gasteiger partial charge in [-0.1, -0.05) is 6.92 Å². The molecule has 2 aliphatic heterocycles. The zero-order chi connectivity index (χ0) is 29.8. The number of amides is 1. The second-order valence-corrected chi connectivity index (χ2v) is 13.6. The Morgan fingerprint density at radius 2 is 1.86 bits per heavy atom. The van der Waals surface area contributed by atoms with Gasteiger partial charge in [-0.15, -0.1) is 23.1 Å². The Balaban J connectivity index is 1.31. The van der Waals surface area contributed by atoms with Gasteiger partial charge in [0, 0.05) is 66.0 Å². The summed E-state index contributed by atoms with van der Waals surface area (Å²) in [6.45, 7) is 9.01. The minimum Gasteiger partial charge on any atom is -0.368 e. The number of nitrogens with one attached hydrogen (secondary N) is 1. The molecule has 1 saturated carbocycles. The zero-order valence-corrected chi connectivity index (χ0v) is 25.8. The molecule has 0 bridgehead atoms. The van der Waals surface area contributed by atoms with Crippen LogP contribution in [-0.2, 0) is 12.6 Å². The van der Waals surface area contributed by atoms with Gasteiger partial charge in [0.1, 0.15) is 10.4 Å². The van der Waals surface area contributed by atoms with E-state index in [-0.39, 0.29) is 23.6 Å². The third kappa shape index (κ3) is 5.72. The van der Waals surface area contributed by atoms with E-state index < -0.39 is 11.7 Å². The fraction of sp³-hybridized carbons (Fsp3) is 0.500. The van der Waals surface area contributed by atoms with Crippen molar-refractivity contribution in [2.75, 3.05) is 42.7 Å². The molecule has 3 aromatic rings. The van der Waals surface area contributed by atoms with Crippen LogP contribution in [0.4, 0.5) is 30.5 Å². The number of piperazine rings is 1. The first-order valence-electron chi connectivity index (χ1n) is 14.4. The summed E-state index contributed by atoms with van der Waals surface area (Å²) in [4.78, 5) is 29.9. The van der Waals surface area contributed by atoms with Crippen LogP contribution in [0, 0.1) is 0 Å². The first-order chi connectivity index (χ1) is 20.0. The Labute approximate surface area is 252 Å². The molecule has 1 saturated heterocycles. The van der Waals surface area contributed by atoms with Crippen molar-refractivity contribution in [3.63, 3.8) is 0 Å². The molecule has 42 heavy (non-hydrogen) atoms. The summed E-state index contributed by atoms with van der Waals surface area (Å²) in [5.41, 5.74) is 1.79. The van der Waals surface area contributed by atoms with Gasteiger partial charge in [-0.25, -0.2) is 9.97 Å². The Morgan fingerprint density at radius 1 is 1.12 bits per heavy atom. The van der Waals surface area contributed by atoms with Crippen LogP contribution in [-0.4, -0.2) is 76.2 Å². The van der Waals surface area contributed by atoms with Crippen LogP contribution in [0.15, 0.2) is 35.4 Å². The molecule has 2 aromatic heterocycles. The maximum absolute atomic E-state index is 14.1. The molecular formula is C30H35F3N6OS2. The van der Waals surface area contributed by atoms with E-state index in [1.165, 1.54) is 11.8 Å². The van der Waals surface area contributed by atoms with E-state index in [4.69, 9.17) is 0 Å². The second-order valence-electron chi connectivity index (χ2n) is 11.4. The minimum atomic E-state index is -4.64. The SMILES string of the molecule is CCc1cc(N2C[C@@H](C)N(C)[C@@H](C)C2)ccc1Nc1ncc(C(F)(F)F)c(-c2cc3c(s2)C(=O)N(C2CC2)CCS3)n1. The molecule has 0 spiro atoms. The summed E-state index contributed by atoms with van der Waals surface area (Å²) < 4.78 is 42.4. The lowest BCUT2D eigenvalue weighted by Gasteiger charge is -2.43. The number of aryl methyl sites for hydroxylation is 1. The van der Waals surface area contributed by atoms with Crippen LogP contribution in [0.25, 0.3) is 10.6 Å². The average molecular weight is 617 g/mol. The molecule has 0 radical (unpaired) electrons. The van der Waals surface area contributed by atoms with Gasteiger partial charge in [-0.3, -0.25) is 9.69 Å². The lowest BCUT2D eigenvalue weighted by molar-refractivity contribution is -0.137. The molecule has 2 fully saturated rings. The number of halogens is 3. The lowest BCUT2D eigenvalue weighted by atomic mass is 10.1. The van der Waals surface area contributed by atoms with Gasteiger partial charge in [0.05, 0.1) is 10.6 Å². The third-order valence-electron chi connectivity index (χ3n) is 8.50. The number of hydrogen-bond donors (Lipinski definition) is 1. The minimum absolute atomic E-state index is 0.0875. The smallest absolute Gasteiger partial charge is 0.368 e. The van der Waals surface area contributed by atoms with Crippen molar-refractivity contribution >= 4 is 46.3 Å². The van der Waals surface area contributed by atoms with Crippen LogP contribution in [0.1, 0.15) is 54.4 Å². The number of carbonyl (C=O) groups excluding carboxylic acids is 1. The summed E-state index contributed by atoms with van der Waals surface area (Å²) >= 11 is 2.61. The van der Waals surface area contributed by atoms with Crippen molar-refractivity contribution in [2.45, 2.75) is 69.2 Å². The number of anilines is 3. The standard InChI is InChI=1S/C30H35F3N6OS2/c1-5-19-12-21(38-15-17(2)37(4)18(3)16-38)8-9-23(19)35-29-34-14-22(30(31,32)33)26(36-29)24-13-25-27(42-24)28(40)39(10-11-41-25)20-6-7-20/h8-9,12-14,17-18,20H,5-7,10-11,15-16H2,1-4H3,(H,34,35,36)/t17-,18+. The van der Waals surface area contributed by atoms with Crippen molar-refractivity contribution in [3.8, 4) is 10.6 Å². The topological polar surface area (TPSA) is 64.6 Å². The number of thiophene rings is 1. The number of rotatable bonds is 6. The van der Waals surface area contributed by atoms with Crippen LogP contribution in [0.5, 0.6) is 0 Å². The van der Waals surface area contributed by atoms with E-state index >= 15 is 0 Å². The first-order valence-corrected chi connectivity index (χ1v) is 16.2. The van der Waals surface area contributed by atoms with Crippen molar-refractivity contribution in [1.29, 1.82) is 0 Å². The number of nitrogens with zero attached hydrogens (tertiary/aromatic N) is 5. The molecule has 4 heterocycles. The Bertz CT molecular complexity index is 1480. The van der Waals surface area contributed by atoms with Crippen molar-refractivity contribution < 1.29 is 18.0 Å². The first kappa shape index (κ1) is 29.3. The van der Waals surface area contributed by atoms with Crippen molar-refractivity contribution in [2.24, 2.45) is 0 Å². The quantitative estimate of drug-likeness (QED) is 0.328. The highest BCUT2D eigenvalue weighted by Crippen LogP contribution is 2.44. The highest BCUT2D eigenvalue weighted by molar-refractivity contribution is 7.99. The van der Waals surface area contributed by atoms with Gasteiger partial charge in [0.15, 0.2) is 0 Å². The summed E-state index contributed by atoms with van der Waals surface area (Å²) in [6.07, 6.45) is -1.10. The molecular weight excluding hydrogens is 581 g/mol. The predicted molar refractivity (Wildman–Crippen MR) is 163 cm³/mol. The fourth-order valence-corrected chi connectivity index (χ4v) is 8.05. The number of aromatic nitrogens is 2. The Hall–Kier alpha value is -2.83. The van der Waals surface area contributed by atoms with E-state index in [0.717, 1.165) is 77.5 Å². The van der Waals surface area contributed by atoms with Gasteiger partial charge in [-0.05, 0) is 70.0 Å². The Kier molecular flexibility index (Phi) is 7.90. The molecule has 6 rings (SSSR count). The van der Waals surface area contributed by atoms with Gasteiger partial charge in [0.25, 0.3) is 5.91 Å². The van der Waals surface area contributed by atoms with E-state index in [2.05, 4.69) is 59.0 Å². The number of carbonyl (C=O) groups is 1. The normalized spacial score (nSPS) is 21.8. The monoisotopic (exact) mass is 616 g/mol. The maximum Gasteiger partial charge on any atom is 0.420 e. The van der Waals surface area contributed by atoms with Gasteiger partial charge in [0.2, 0.25) is 5.95 Å². The molecule has 7 nitrogen and oxygen atoms in total. The van der Waals surface area contributed by atoms with Crippen LogP contribution in [0.3, 0.4) is 0 Å². The van der Waals surface area contributed by atoms with Crippen LogP contribution < -0.4 is 10.2 Å². The summed E-state index contributed by atoms with van der Waals surface area (Å²) in [5.74, 6) is 0.714. The molecule has 1 amide bonds. The van der Waals surface area contributed by atoms with Crippen LogP contribution >= 0.6 is 23.1 Å². The average Bonchev–Trinajstić information content (AvgIpc) is 3.73. The van der Waals surface area contributed by atoms with Crippen LogP contribution in [0.2, 0.25) is 0 Å². The molecule has 1 N–H and O–H groups in total. The summed E-state index contributed by atoms with van der Waals surface area (Å²) in [6, 6.07) is 8.92. The number of fused-ring (bicyclic) bond motifs is 1. The van der Waals surface area contributed by atoms with E-state index in [9.17, 15) is 18.0 Å². The fourth-order valence-electron chi connectivity index (χ4n) is 5.73. The largest absolute Gasteiger partial charge is 0.420 e. The predicted octanol–water partition coefficient (Wildman–Crippen LogP) is 6.77.